The zero-order chi connectivity index (χ0) is 9.26. The van der Waals surface area contributed by atoms with Crippen LogP contribution in [0.2, 0.25) is 0 Å². The Hall–Kier alpha value is -1.44. The monoisotopic (exact) mass is 170 g/mol. The summed E-state index contributed by atoms with van der Waals surface area (Å²) in [7, 11) is 3.77. The lowest BCUT2D eigenvalue weighted by Gasteiger charge is -2.06. The van der Waals surface area contributed by atoms with Gasteiger partial charge >= 0.3 is 0 Å². The van der Waals surface area contributed by atoms with E-state index < -0.39 is 0 Å². The molecule has 0 aliphatic rings. The van der Waals surface area contributed by atoms with Crippen molar-refractivity contribution in [3.8, 4) is 5.75 Å². The summed E-state index contributed by atoms with van der Waals surface area (Å²) in [4.78, 5) is 0. The summed E-state index contributed by atoms with van der Waals surface area (Å²) in [6.45, 7) is 0. The third-order valence-electron chi connectivity index (χ3n) is 2.26. The minimum absolute atomic E-state index is 0.957. The lowest BCUT2D eigenvalue weighted by atomic mass is 9.92. The number of rotatable bonds is 1. The van der Waals surface area contributed by atoms with E-state index in [-0.39, 0.29) is 0 Å². The molecule has 0 spiro atoms. The molecule has 0 aliphatic heterocycles. The molecule has 1 nitrogen and oxygen atoms in total. The first-order chi connectivity index (χ1) is 6.31. The largest absolute Gasteiger partial charge is 0.497 e. The van der Waals surface area contributed by atoms with Gasteiger partial charge < -0.3 is 4.74 Å². The highest BCUT2D eigenvalue weighted by Gasteiger charge is 1.99. The van der Waals surface area contributed by atoms with Gasteiger partial charge in [0, 0.05) is 0 Å². The van der Waals surface area contributed by atoms with E-state index in [9.17, 15) is 0 Å². The molecule has 0 N–H and O–H groups in total. The highest BCUT2D eigenvalue weighted by molar-refractivity contribution is 6.35. The smallest absolute Gasteiger partial charge is 0.144 e. The lowest BCUT2D eigenvalue weighted by molar-refractivity contribution is 0.419. The minimum Gasteiger partial charge on any atom is -0.497 e. The summed E-state index contributed by atoms with van der Waals surface area (Å²) in [5, 5.41) is 2.49. The van der Waals surface area contributed by atoms with Crippen LogP contribution in [0.1, 0.15) is 0 Å². The van der Waals surface area contributed by atoms with Crippen molar-refractivity contribution in [1.82, 2.24) is 0 Å². The molecule has 0 fully saturated rings. The van der Waals surface area contributed by atoms with Crippen LogP contribution < -0.4 is 10.2 Å². The van der Waals surface area contributed by atoms with Crippen molar-refractivity contribution in [3.05, 3.63) is 36.4 Å². The van der Waals surface area contributed by atoms with E-state index in [1.807, 2.05) is 12.1 Å². The first-order valence-electron chi connectivity index (χ1n) is 4.34. The van der Waals surface area contributed by atoms with Gasteiger partial charge in [0.05, 0.1) is 7.11 Å². The second kappa shape index (κ2) is 3.13. The van der Waals surface area contributed by atoms with E-state index in [4.69, 9.17) is 4.74 Å². The second-order valence-electron chi connectivity index (χ2n) is 3.17. The van der Waals surface area contributed by atoms with Gasteiger partial charge in [0.1, 0.15) is 13.6 Å². The molecule has 2 rings (SSSR count). The molecule has 0 atom stereocenters. The molecule has 0 radical (unpaired) electrons. The second-order valence-corrected chi connectivity index (χ2v) is 3.17. The molecule has 0 unspecified atom stereocenters. The summed E-state index contributed by atoms with van der Waals surface area (Å²) >= 11 is 0. The van der Waals surface area contributed by atoms with E-state index in [0.29, 0.717) is 0 Å². The molecule has 0 aliphatic carbocycles. The van der Waals surface area contributed by atoms with Crippen LogP contribution in [0.25, 0.3) is 10.8 Å². The maximum absolute atomic E-state index is 5.25. The van der Waals surface area contributed by atoms with E-state index in [0.717, 1.165) is 5.75 Å². The molecule has 13 heavy (non-hydrogen) atoms. The molecule has 0 heterocycles. The zero-order valence-electron chi connectivity index (χ0n) is 7.87. The summed E-state index contributed by atoms with van der Waals surface area (Å²) < 4.78 is 5.25. The van der Waals surface area contributed by atoms with Gasteiger partial charge in [0.15, 0.2) is 0 Å². The number of benzene rings is 2. The molecule has 0 saturated carbocycles. The van der Waals surface area contributed by atoms with Crippen molar-refractivity contribution in [2.45, 2.75) is 0 Å². The summed E-state index contributed by atoms with van der Waals surface area (Å²) in [6, 6.07) is 12.5. The first-order valence-corrected chi connectivity index (χ1v) is 4.34. The Morgan fingerprint density at radius 1 is 1.08 bits per heavy atom. The van der Waals surface area contributed by atoms with Gasteiger partial charge in [-0.05, 0) is 22.3 Å². The molecule has 2 aromatic carbocycles. The van der Waals surface area contributed by atoms with Crippen LogP contribution in [0.5, 0.6) is 5.75 Å². The van der Waals surface area contributed by atoms with E-state index >= 15 is 0 Å². The van der Waals surface area contributed by atoms with E-state index in [2.05, 4.69) is 32.1 Å². The molecule has 0 saturated heterocycles. The number of fused-ring (bicyclic) bond motifs is 1. The molecule has 0 amide bonds. The van der Waals surface area contributed by atoms with Gasteiger partial charge in [-0.1, -0.05) is 30.3 Å². The Morgan fingerprint density at radius 2 is 1.69 bits per heavy atom. The third kappa shape index (κ3) is 1.40. The molecule has 64 valence electrons. The Balaban J connectivity index is 2.74. The van der Waals surface area contributed by atoms with Gasteiger partial charge in [-0.25, -0.2) is 0 Å². The topological polar surface area (TPSA) is 9.23 Å². The number of methoxy groups -OCH3 is 1. The van der Waals surface area contributed by atoms with Crippen molar-refractivity contribution in [2.24, 2.45) is 0 Å². The highest BCUT2D eigenvalue weighted by Crippen LogP contribution is 2.17. The SMILES string of the molecule is Bc1cc2ccccc2cc1OC. The van der Waals surface area contributed by atoms with Crippen LogP contribution >= 0.6 is 0 Å². The van der Waals surface area contributed by atoms with Crippen LogP contribution in [0.15, 0.2) is 36.4 Å². The average molecular weight is 170 g/mol. The Morgan fingerprint density at radius 3 is 2.31 bits per heavy atom. The van der Waals surface area contributed by atoms with Gasteiger partial charge in [0.2, 0.25) is 0 Å². The van der Waals surface area contributed by atoms with Crippen molar-refractivity contribution < 1.29 is 4.74 Å². The van der Waals surface area contributed by atoms with Crippen molar-refractivity contribution >= 4 is 24.1 Å². The van der Waals surface area contributed by atoms with Crippen LogP contribution in [-0.2, 0) is 0 Å². The number of ether oxygens (including phenoxy) is 1. The van der Waals surface area contributed by atoms with Crippen LogP contribution in [0.4, 0.5) is 0 Å². The third-order valence-corrected chi connectivity index (χ3v) is 2.26. The van der Waals surface area contributed by atoms with Crippen LogP contribution in [-0.4, -0.2) is 15.0 Å². The van der Waals surface area contributed by atoms with Crippen molar-refractivity contribution in [2.75, 3.05) is 7.11 Å². The van der Waals surface area contributed by atoms with Gasteiger partial charge in [0.25, 0.3) is 0 Å². The molecule has 2 heteroatoms. The van der Waals surface area contributed by atoms with Crippen LogP contribution in [0.3, 0.4) is 0 Å². The maximum atomic E-state index is 5.25. The first kappa shape index (κ1) is 8.18. The Labute approximate surface area is 78.7 Å². The quantitative estimate of drug-likeness (QED) is 0.582. The molecule has 0 bridgehead atoms. The fraction of sp³-hybridized carbons (Fsp3) is 0.0909. The lowest BCUT2D eigenvalue weighted by Crippen LogP contribution is -2.06. The number of hydrogen-bond acceptors (Lipinski definition) is 1. The Kier molecular flexibility index (Phi) is 1.97. The van der Waals surface area contributed by atoms with Crippen molar-refractivity contribution in [3.63, 3.8) is 0 Å². The summed E-state index contributed by atoms with van der Waals surface area (Å²) in [5.41, 5.74) is 1.18. The normalized spacial score (nSPS) is 10.2. The minimum atomic E-state index is 0.957. The van der Waals surface area contributed by atoms with E-state index in [1.165, 1.54) is 16.2 Å². The maximum Gasteiger partial charge on any atom is 0.144 e. The van der Waals surface area contributed by atoms with Gasteiger partial charge in [-0.2, -0.15) is 0 Å². The summed E-state index contributed by atoms with van der Waals surface area (Å²) in [6.07, 6.45) is 0. The van der Waals surface area contributed by atoms with E-state index in [1.54, 1.807) is 7.11 Å². The molecular weight excluding hydrogens is 159 g/mol. The molecule has 0 aromatic heterocycles. The van der Waals surface area contributed by atoms with Crippen LogP contribution in [0, 0.1) is 0 Å². The predicted octanol–water partition coefficient (Wildman–Crippen LogP) is 1.11. The fourth-order valence-electron chi connectivity index (χ4n) is 1.55. The van der Waals surface area contributed by atoms with Gasteiger partial charge in [-0.15, -0.1) is 0 Å². The average Bonchev–Trinajstić information content (AvgIpc) is 2.17. The zero-order valence-corrected chi connectivity index (χ0v) is 7.87. The predicted molar refractivity (Wildman–Crippen MR) is 58.7 cm³/mol. The number of hydrogen-bond donors (Lipinski definition) is 0. The molecular formula is C11H11BO. The Bertz CT molecular complexity index is 437. The van der Waals surface area contributed by atoms with Crippen molar-refractivity contribution in [1.29, 1.82) is 0 Å². The highest BCUT2D eigenvalue weighted by atomic mass is 16.5. The molecule has 2 aromatic rings. The fourth-order valence-corrected chi connectivity index (χ4v) is 1.55. The van der Waals surface area contributed by atoms with Gasteiger partial charge in [-0.3, -0.25) is 0 Å². The standard InChI is InChI=1S/C11H11BO/c1-13-11-7-9-5-3-2-4-8(9)6-10(11)12/h2-7H,12H2,1H3. The summed E-state index contributed by atoms with van der Waals surface area (Å²) in [5.74, 6) is 0.957.